The highest BCUT2D eigenvalue weighted by atomic mass is 32.2. The third kappa shape index (κ3) is 3.22. The molecule has 3 N–H and O–H groups in total. The van der Waals surface area contributed by atoms with Crippen molar-refractivity contribution in [3.63, 3.8) is 0 Å². The number of carbonyl (C=O) groups is 1. The molecule has 2 unspecified atom stereocenters. The van der Waals surface area contributed by atoms with Crippen LogP contribution in [-0.4, -0.2) is 43.6 Å². The van der Waals surface area contributed by atoms with Crippen LogP contribution in [0.3, 0.4) is 0 Å². The molecule has 0 aliphatic carbocycles. The van der Waals surface area contributed by atoms with Crippen molar-refractivity contribution in [2.75, 3.05) is 6.61 Å². The maximum absolute atomic E-state index is 11.5. The Kier molecular flexibility index (Phi) is 4.69. The molecule has 8 heteroatoms. The van der Waals surface area contributed by atoms with Crippen molar-refractivity contribution in [2.24, 2.45) is 5.73 Å². The van der Waals surface area contributed by atoms with Crippen LogP contribution < -0.4 is 5.73 Å². The Morgan fingerprint density at radius 3 is 3.08 bits per heavy atom. The topological polar surface area (TPSA) is 98.8 Å². The van der Waals surface area contributed by atoms with Crippen molar-refractivity contribution in [1.82, 2.24) is 19.7 Å². The number of fused-ring (bicyclic) bond motifs is 1. The quantitative estimate of drug-likeness (QED) is 0.649. The predicted molar refractivity (Wildman–Crippen MR) is 101 cm³/mol. The third-order valence-corrected chi connectivity index (χ3v) is 5.74. The Labute approximate surface area is 155 Å². The van der Waals surface area contributed by atoms with Gasteiger partial charge >= 0.3 is 0 Å². The van der Waals surface area contributed by atoms with Crippen LogP contribution in [0, 0.1) is 0 Å². The lowest BCUT2D eigenvalue weighted by Gasteiger charge is -2.15. The van der Waals surface area contributed by atoms with Crippen LogP contribution in [-0.2, 0) is 16.1 Å². The number of H-pyrrole nitrogens is 1. The van der Waals surface area contributed by atoms with Crippen molar-refractivity contribution in [3.05, 3.63) is 30.5 Å². The Bertz CT molecular complexity index is 929. The molecule has 3 heterocycles. The zero-order chi connectivity index (χ0) is 18.1. The summed E-state index contributed by atoms with van der Waals surface area (Å²) >= 11 is 1.33. The third-order valence-electron chi connectivity index (χ3n) is 4.64. The van der Waals surface area contributed by atoms with Crippen LogP contribution in [0.1, 0.15) is 19.8 Å². The van der Waals surface area contributed by atoms with Crippen LogP contribution >= 0.6 is 11.8 Å². The molecule has 3 aromatic rings. The standard InChI is InChI=1S/C18H21N5O2S/c1-11(16(19)24)26-18-22-21-17(23(18)10-12-5-4-8-25-12)14-9-20-15-7-3-2-6-13(14)15/h2-3,6-7,9,11-12,20H,4-5,8,10H2,1H3,(H2,19,24). The molecule has 0 saturated carbocycles. The fraction of sp³-hybridized carbons (Fsp3) is 0.389. The minimum atomic E-state index is -0.377. The highest BCUT2D eigenvalue weighted by Gasteiger charge is 2.24. The van der Waals surface area contributed by atoms with Crippen LogP contribution in [0.2, 0.25) is 0 Å². The molecule has 26 heavy (non-hydrogen) atoms. The van der Waals surface area contributed by atoms with E-state index in [9.17, 15) is 4.79 Å². The second-order valence-corrected chi connectivity index (χ2v) is 7.77. The second kappa shape index (κ2) is 7.13. The van der Waals surface area contributed by atoms with Gasteiger partial charge in [-0.15, -0.1) is 10.2 Å². The van der Waals surface area contributed by atoms with Gasteiger partial charge in [-0.05, 0) is 25.8 Å². The van der Waals surface area contributed by atoms with E-state index >= 15 is 0 Å². The highest BCUT2D eigenvalue weighted by Crippen LogP contribution is 2.32. The van der Waals surface area contributed by atoms with Gasteiger partial charge in [-0.25, -0.2) is 0 Å². The molecule has 2 atom stereocenters. The number of thioether (sulfide) groups is 1. The number of primary amides is 1. The average molecular weight is 371 g/mol. The summed E-state index contributed by atoms with van der Waals surface area (Å²) < 4.78 is 7.86. The van der Waals surface area contributed by atoms with E-state index in [1.807, 2.05) is 24.4 Å². The molecule has 136 valence electrons. The van der Waals surface area contributed by atoms with Gasteiger partial charge in [0.05, 0.1) is 17.9 Å². The van der Waals surface area contributed by atoms with Crippen LogP contribution in [0.4, 0.5) is 0 Å². The van der Waals surface area contributed by atoms with Crippen molar-refractivity contribution < 1.29 is 9.53 Å². The maximum Gasteiger partial charge on any atom is 0.230 e. The number of nitrogens with zero attached hydrogens (tertiary/aromatic N) is 3. The second-order valence-electron chi connectivity index (χ2n) is 6.46. The first-order chi connectivity index (χ1) is 12.6. The summed E-state index contributed by atoms with van der Waals surface area (Å²) in [5.74, 6) is 0.410. The first kappa shape index (κ1) is 17.1. The number of benzene rings is 1. The molecular formula is C18H21N5O2S. The number of hydrogen-bond acceptors (Lipinski definition) is 5. The smallest absolute Gasteiger partial charge is 0.230 e. The fourth-order valence-electron chi connectivity index (χ4n) is 3.20. The fourth-order valence-corrected chi connectivity index (χ4v) is 4.01. The molecule has 0 radical (unpaired) electrons. The van der Waals surface area contributed by atoms with Gasteiger partial charge in [0.25, 0.3) is 0 Å². The Morgan fingerprint density at radius 2 is 2.31 bits per heavy atom. The number of aromatic nitrogens is 4. The summed E-state index contributed by atoms with van der Waals surface area (Å²) in [6, 6.07) is 8.09. The van der Waals surface area contributed by atoms with Crippen LogP contribution in [0.25, 0.3) is 22.3 Å². The van der Waals surface area contributed by atoms with E-state index in [0.29, 0.717) is 11.7 Å². The maximum atomic E-state index is 11.5. The number of rotatable bonds is 6. The normalized spacial score (nSPS) is 18.4. The van der Waals surface area contributed by atoms with Crippen molar-refractivity contribution >= 4 is 28.6 Å². The van der Waals surface area contributed by atoms with Gasteiger partial charge in [-0.3, -0.25) is 9.36 Å². The van der Waals surface area contributed by atoms with E-state index in [-0.39, 0.29) is 17.3 Å². The molecule has 1 amide bonds. The van der Waals surface area contributed by atoms with E-state index in [2.05, 4.69) is 25.8 Å². The molecule has 0 spiro atoms. The number of hydrogen-bond donors (Lipinski definition) is 2. The molecular weight excluding hydrogens is 350 g/mol. The summed E-state index contributed by atoms with van der Waals surface area (Å²) in [5, 5.41) is 10.2. The van der Waals surface area contributed by atoms with E-state index < -0.39 is 0 Å². The van der Waals surface area contributed by atoms with E-state index in [0.717, 1.165) is 41.7 Å². The number of amides is 1. The van der Waals surface area contributed by atoms with Crippen LogP contribution in [0.5, 0.6) is 0 Å². The lowest BCUT2D eigenvalue weighted by Crippen LogP contribution is -2.23. The number of ether oxygens (including phenoxy) is 1. The molecule has 1 fully saturated rings. The summed E-state index contributed by atoms with van der Waals surface area (Å²) in [7, 11) is 0. The zero-order valence-corrected chi connectivity index (χ0v) is 15.3. The highest BCUT2D eigenvalue weighted by molar-refractivity contribution is 8.00. The number of aromatic amines is 1. The molecule has 7 nitrogen and oxygen atoms in total. The molecule has 1 saturated heterocycles. The SMILES string of the molecule is CC(Sc1nnc(-c2c[nH]c3ccccc23)n1CC1CCCO1)C(N)=O. The first-order valence-electron chi connectivity index (χ1n) is 8.70. The summed E-state index contributed by atoms with van der Waals surface area (Å²) in [5.41, 5.74) is 7.47. The van der Waals surface area contributed by atoms with Crippen molar-refractivity contribution in [3.8, 4) is 11.4 Å². The summed E-state index contributed by atoms with van der Waals surface area (Å²) in [4.78, 5) is 14.8. The van der Waals surface area contributed by atoms with E-state index in [1.165, 1.54) is 11.8 Å². The molecule has 0 bridgehead atoms. The molecule has 1 aliphatic rings. The lowest BCUT2D eigenvalue weighted by atomic mass is 10.1. The zero-order valence-electron chi connectivity index (χ0n) is 14.5. The van der Waals surface area contributed by atoms with Gasteiger partial charge in [0, 0.05) is 29.3 Å². The van der Waals surface area contributed by atoms with Gasteiger partial charge in [0.15, 0.2) is 11.0 Å². The average Bonchev–Trinajstić information content (AvgIpc) is 3.36. The number of nitrogens with two attached hydrogens (primary N) is 1. The Morgan fingerprint density at radius 1 is 1.46 bits per heavy atom. The largest absolute Gasteiger partial charge is 0.376 e. The monoisotopic (exact) mass is 371 g/mol. The van der Waals surface area contributed by atoms with Crippen LogP contribution in [0.15, 0.2) is 35.6 Å². The molecule has 4 rings (SSSR count). The van der Waals surface area contributed by atoms with E-state index in [1.54, 1.807) is 6.92 Å². The van der Waals surface area contributed by atoms with Crippen molar-refractivity contribution in [2.45, 2.75) is 42.8 Å². The molecule has 1 aliphatic heterocycles. The number of para-hydroxylation sites is 1. The summed E-state index contributed by atoms with van der Waals surface area (Å²) in [6.45, 7) is 3.23. The number of carbonyl (C=O) groups excluding carboxylic acids is 1. The number of nitrogens with one attached hydrogen (secondary N) is 1. The minimum Gasteiger partial charge on any atom is -0.376 e. The Balaban J connectivity index is 1.75. The van der Waals surface area contributed by atoms with Gasteiger partial charge < -0.3 is 15.5 Å². The molecule has 1 aromatic carbocycles. The first-order valence-corrected chi connectivity index (χ1v) is 9.58. The lowest BCUT2D eigenvalue weighted by molar-refractivity contribution is -0.117. The molecule has 2 aromatic heterocycles. The van der Waals surface area contributed by atoms with Gasteiger partial charge in [-0.2, -0.15) is 0 Å². The van der Waals surface area contributed by atoms with Gasteiger partial charge in [0.2, 0.25) is 5.91 Å². The van der Waals surface area contributed by atoms with Crippen molar-refractivity contribution in [1.29, 1.82) is 0 Å². The Hall–Kier alpha value is -2.32. The van der Waals surface area contributed by atoms with Gasteiger partial charge in [-0.1, -0.05) is 30.0 Å². The predicted octanol–water partition coefficient (Wildman–Crippen LogP) is 2.57. The minimum absolute atomic E-state index is 0.137. The summed E-state index contributed by atoms with van der Waals surface area (Å²) in [6.07, 6.45) is 4.17. The van der Waals surface area contributed by atoms with E-state index in [4.69, 9.17) is 10.5 Å². The van der Waals surface area contributed by atoms with Gasteiger partial charge in [0.1, 0.15) is 0 Å².